The van der Waals surface area contributed by atoms with Crippen LogP contribution in [0.1, 0.15) is 66.2 Å². The van der Waals surface area contributed by atoms with Crippen LogP contribution in [0.15, 0.2) is 0 Å². The van der Waals surface area contributed by atoms with Gasteiger partial charge >= 0.3 is 23.9 Å². The van der Waals surface area contributed by atoms with Crippen LogP contribution in [0.3, 0.4) is 0 Å². The molecular weight excluding hydrogens is 458 g/mol. The van der Waals surface area contributed by atoms with E-state index in [1.54, 1.807) is 27.9 Å². The molecule has 1 heterocycles. The van der Waals surface area contributed by atoms with E-state index in [4.69, 9.17) is 30.1 Å². The Hall–Kier alpha value is -2.64. The first kappa shape index (κ1) is 30.4. The number of hydrogen-bond donors (Lipinski definition) is 0. The molecule has 198 valence electrons. The number of carbonyl (C=O) groups is 4. The van der Waals surface area contributed by atoms with Crippen molar-refractivity contribution in [3.8, 4) is 12.3 Å². The fourth-order valence-electron chi connectivity index (χ4n) is 3.55. The van der Waals surface area contributed by atoms with Crippen LogP contribution in [0.25, 0.3) is 0 Å². The summed E-state index contributed by atoms with van der Waals surface area (Å²) in [6.45, 7) is 7.27. The molecule has 1 saturated heterocycles. The molecule has 0 saturated carbocycles. The lowest BCUT2D eigenvalue weighted by atomic mass is 9.98. The maximum atomic E-state index is 12.7. The molecule has 0 radical (unpaired) electrons. The number of ether oxygens (including phenoxy) is 5. The third-order valence-corrected chi connectivity index (χ3v) is 5.22. The number of quaternary nitrogens is 1. The molecule has 0 N–H and O–H groups in total. The molecular formula is C25H40NO9+. The molecule has 10 nitrogen and oxygen atoms in total. The van der Waals surface area contributed by atoms with Crippen molar-refractivity contribution in [3.63, 3.8) is 0 Å². The summed E-state index contributed by atoms with van der Waals surface area (Å²) < 4.78 is 28.4. The van der Waals surface area contributed by atoms with E-state index >= 15 is 0 Å². The Morgan fingerprint density at radius 1 is 0.771 bits per heavy atom. The maximum absolute atomic E-state index is 12.7. The summed E-state index contributed by atoms with van der Waals surface area (Å²) in [4.78, 5) is 49.9. The van der Waals surface area contributed by atoms with E-state index in [0.717, 1.165) is 0 Å². The topological polar surface area (TPSA) is 114 Å². The standard InChI is InChI=1S/C25H40NO9/c1-8-12-18(27)32-22-17(5)31-25(35-21(30)16-26(6,7)15-11-4)24(34-20(29)14-10-3)23(22)33-19(28)13-9-2/h4,17,22-25H,8-10,12-16H2,1-3,5-7H3/q+1/t17-,22+,23+,24?,25?/m0/s1. The van der Waals surface area contributed by atoms with Gasteiger partial charge in [-0.3, -0.25) is 14.4 Å². The van der Waals surface area contributed by atoms with Gasteiger partial charge in [-0.2, -0.15) is 0 Å². The van der Waals surface area contributed by atoms with E-state index < -0.39 is 54.6 Å². The first-order valence-corrected chi connectivity index (χ1v) is 12.2. The number of terminal acetylenes is 1. The number of esters is 4. The quantitative estimate of drug-likeness (QED) is 0.163. The van der Waals surface area contributed by atoms with Gasteiger partial charge in [0.05, 0.1) is 20.2 Å². The SMILES string of the molecule is C#CC[N+](C)(C)CC(=O)OC1O[C@@H](C)[C@@H](OC(=O)CCC)[C@@H](OC(=O)CCC)C1OC(=O)CCC. The Morgan fingerprint density at radius 2 is 1.23 bits per heavy atom. The highest BCUT2D eigenvalue weighted by Crippen LogP contribution is 2.30. The molecule has 1 fully saturated rings. The Bertz CT molecular complexity index is 773. The van der Waals surface area contributed by atoms with Crippen molar-refractivity contribution in [2.45, 2.75) is 96.9 Å². The second-order valence-electron chi connectivity index (χ2n) is 9.27. The lowest BCUT2D eigenvalue weighted by Crippen LogP contribution is -2.62. The van der Waals surface area contributed by atoms with Crippen molar-refractivity contribution >= 4 is 23.9 Å². The average molecular weight is 499 g/mol. The molecule has 1 aliphatic heterocycles. The van der Waals surface area contributed by atoms with Crippen molar-refractivity contribution in [2.75, 3.05) is 27.2 Å². The van der Waals surface area contributed by atoms with Gasteiger partial charge in [0, 0.05) is 19.3 Å². The van der Waals surface area contributed by atoms with Gasteiger partial charge in [0.15, 0.2) is 18.8 Å². The van der Waals surface area contributed by atoms with Gasteiger partial charge in [-0.1, -0.05) is 20.8 Å². The van der Waals surface area contributed by atoms with E-state index in [-0.39, 0.29) is 30.3 Å². The van der Waals surface area contributed by atoms with Gasteiger partial charge in [-0.05, 0) is 32.1 Å². The van der Waals surface area contributed by atoms with Crippen molar-refractivity contribution in [1.82, 2.24) is 0 Å². The second-order valence-corrected chi connectivity index (χ2v) is 9.27. The summed E-state index contributed by atoms with van der Waals surface area (Å²) in [7, 11) is 3.53. The van der Waals surface area contributed by atoms with E-state index in [1.807, 2.05) is 13.8 Å². The minimum atomic E-state index is -1.37. The van der Waals surface area contributed by atoms with Gasteiger partial charge in [0.2, 0.25) is 12.4 Å². The van der Waals surface area contributed by atoms with Crippen LogP contribution in [-0.2, 0) is 42.9 Å². The van der Waals surface area contributed by atoms with E-state index in [0.29, 0.717) is 25.8 Å². The predicted molar refractivity (Wildman–Crippen MR) is 125 cm³/mol. The normalized spacial score (nSPS) is 24.1. The fourth-order valence-corrected chi connectivity index (χ4v) is 3.55. The molecule has 0 aliphatic carbocycles. The van der Waals surface area contributed by atoms with Crippen LogP contribution in [0.2, 0.25) is 0 Å². The van der Waals surface area contributed by atoms with E-state index in [9.17, 15) is 19.2 Å². The van der Waals surface area contributed by atoms with Crippen LogP contribution in [0, 0.1) is 12.3 Å². The van der Waals surface area contributed by atoms with Crippen LogP contribution in [0.5, 0.6) is 0 Å². The zero-order valence-electron chi connectivity index (χ0n) is 21.7. The number of carbonyl (C=O) groups excluding carboxylic acids is 4. The molecule has 2 unspecified atom stereocenters. The summed E-state index contributed by atoms with van der Waals surface area (Å²) in [5, 5.41) is 0. The lowest BCUT2D eigenvalue weighted by molar-refractivity contribution is -0.875. The van der Waals surface area contributed by atoms with Crippen molar-refractivity contribution in [2.24, 2.45) is 0 Å². The first-order chi connectivity index (χ1) is 16.5. The Labute approximate surface area is 208 Å². The smallest absolute Gasteiger partial charge is 0.364 e. The summed E-state index contributed by atoms with van der Waals surface area (Å²) in [5.41, 5.74) is 0. The third kappa shape index (κ3) is 10.2. The molecule has 0 bridgehead atoms. The largest absolute Gasteiger partial charge is 0.455 e. The highest BCUT2D eigenvalue weighted by molar-refractivity contribution is 5.72. The molecule has 10 heteroatoms. The van der Waals surface area contributed by atoms with Crippen LogP contribution < -0.4 is 0 Å². The number of nitrogens with zero attached hydrogens (tertiary/aromatic N) is 1. The van der Waals surface area contributed by atoms with Crippen molar-refractivity contribution in [3.05, 3.63) is 0 Å². The third-order valence-electron chi connectivity index (χ3n) is 5.22. The molecule has 0 aromatic rings. The molecule has 0 aromatic carbocycles. The van der Waals surface area contributed by atoms with E-state index in [2.05, 4.69) is 5.92 Å². The molecule has 0 aromatic heterocycles. The van der Waals surface area contributed by atoms with Gasteiger partial charge < -0.3 is 28.2 Å². The molecule has 5 atom stereocenters. The molecule has 35 heavy (non-hydrogen) atoms. The van der Waals surface area contributed by atoms with Gasteiger partial charge in [-0.25, -0.2) is 4.79 Å². The summed E-state index contributed by atoms with van der Waals surface area (Å²) in [6.07, 6.45) is 1.54. The van der Waals surface area contributed by atoms with Crippen LogP contribution >= 0.6 is 0 Å². The Balaban J connectivity index is 3.28. The molecule has 1 rings (SSSR count). The first-order valence-electron chi connectivity index (χ1n) is 12.2. The van der Waals surface area contributed by atoms with Crippen molar-refractivity contribution in [1.29, 1.82) is 0 Å². The zero-order chi connectivity index (χ0) is 26.6. The predicted octanol–water partition coefficient (Wildman–Crippen LogP) is 2.12. The van der Waals surface area contributed by atoms with Gasteiger partial charge in [0.1, 0.15) is 6.54 Å². The maximum Gasteiger partial charge on any atom is 0.364 e. The minimum absolute atomic E-state index is 0.0662. The van der Waals surface area contributed by atoms with Gasteiger partial charge in [0.25, 0.3) is 0 Å². The second kappa shape index (κ2) is 14.7. The Kier molecular flexibility index (Phi) is 12.8. The van der Waals surface area contributed by atoms with Gasteiger partial charge in [-0.15, -0.1) is 6.42 Å². The monoisotopic (exact) mass is 498 g/mol. The molecule has 0 amide bonds. The summed E-state index contributed by atoms with van der Waals surface area (Å²) in [5.74, 6) is 0.212. The minimum Gasteiger partial charge on any atom is -0.455 e. The number of hydrogen-bond acceptors (Lipinski definition) is 9. The fraction of sp³-hybridized carbons (Fsp3) is 0.760. The summed E-state index contributed by atoms with van der Waals surface area (Å²) in [6, 6.07) is 0. The average Bonchev–Trinajstić information content (AvgIpc) is 2.73. The number of likely N-dealkylation sites (N-methyl/N-ethyl adjacent to an activating group) is 1. The summed E-state index contributed by atoms with van der Waals surface area (Å²) >= 11 is 0. The molecule has 0 spiro atoms. The number of rotatable bonds is 13. The Morgan fingerprint density at radius 3 is 1.69 bits per heavy atom. The highest BCUT2D eigenvalue weighted by atomic mass is 16.7. The highest BCUT2D eigenvalue weighted by Gasteiger charge is 2.52. The lowest BCUT2D eigenvalue weighted by Gasteiger charge is -2.43. The molecule has 1 aliphatic rings. The van der Waals surface area contributed by atoms with E-state index in [1.165, 1.54) is 0 Å². The van der Waals surface area contributed by atoms with Crippen LogP contribution in [0.4, 0.5) is 0 Å². The zero-order valence-corrected chi connectivity index (χ0v) is 21.7. The van der Waals surface area contributed by atoms with Crippen molar-refractivity contribution < 1.29 is 47.3 Å². The van der Waals surface area contributed by atoms with Crippen LogP contribution in [-0.4, -0.2) is 86.3 Å².